The zero-order valence-electron chi connectivity index (χ0n) is 18.6. The molecular formula is C28H24N4O. The summed E-state index contributed by atoms with van der Waals surface area (Å²) in [6.07, 6.45) is 1.82. The van der Waals surface area contributed by atoms with E-state index < -0.39 is 0 Å². The van der Waals surface area contributed by atoms with E-state index in [0.717, 1.165) is 51.2 Å². The third kappa shape index (κ3) is 4.01. The van der Waals surface area contributed by atoms with Crippen molar-refractivity contribution >= 4 is 22.5 Å². The highest BCUT2D eigenvalue weighted by atomic mass is 16.1. The van der Waals surface area contributed by atoms with Gasteiger partial charge in [-0.05, 0) is 49.2 Å². The number of carbonyl (C=O) groups excluding carboxylic acids is 1. The molecule has 0 bridgehead atoms. The van der Waals surface area contributed by atoms with E-state index in [2.05, 4.69) is 29.5 Å². The van der Waals surface area contributed by atoms with Gasteiger partial charge in [0.1, 0.15) is 0 Å². The van der Waals surface area contributed by atoms with Crippen LogP contribution in [0.25, 0.3) is 33.3 Å². The lowest BCUT2D eigenvalue weighted by molar-refractivity contribution is 0.102. The van der Waals surface area contributed by atoms with E-state index >= 15 is 0 Å². The molecule has 5 heteroatoms. The number of hydrogen-bond acceptors (Lipinski definition) is 3. The minimum absolute atomic E-state index is 0.164. The smallest absolute Gasteiger partial charge is 0.256 e. The Bertz CT molecular complexity index is 1440. The van der Waals surface area contributed by atoms with Crippen molar-refractivity contribution in [3.8, 4) is 22.4 Å². The van der Waals surface area contributed by atoms with Crippen molar-refractivity contribution in [2.75, 3.05) is 5.32 Å². The number of benzene rings is 3. The second-order valence-electron chi connectivity index (χ2n) is 7.93. The van der Waals surface area contributed by atoms with E-state index in [1.165, 1.54) is 0 Å². The number of pyridine rings is 1. The number of rotatable bonds is 5. The zero-order valence-corrected chi connectivity index (χ0v) is 18.6. The number of nitrogens with zero attached hydrogens (tertiary/aromatic N) is 3. The first-order valence-corrected chi connectivity index (χ1v) is 11.0. The SMILES string of the molecule is CCn1ncc(-c2cc(C(=O)Nc3ccc(-c4ccccc4)cc3)c3ccccc3n2)c1C. The maximum absolute atomic E-state index is 13.4. The molecule has 5 aromatic rings. The quantitative estimate of drug-likeness (QED) is 0.352. The fourth-order valence-electron chi connectivity index (χ4n) is 4.09. The summed E-state index contributed by atoms with van der Waals surface area (Å²) in [6, 6.07) is 27.7. The van der Waals surface area contributed by atoms with Crippen LogP contribution in [0.3, 0.4) is 0 Å². The molecule has 0 saturated heterocycles. The molecule has 1 amide bonds. The van der Waals surface area contributed by atoms with Crippen molar-refractivity contribution in [3.05, 3.63) is 102 Å². The molecule has 0 radical (unpaired) electrons. The highest BCUT2D eigenvalue weighted by molar-refractivity contribution is 6.13. The van der Waals surface area contributed by atoms with Crippen molar-refractivity contribution in [1.82, 2.24) is 14.8 Å². The van der Waals surface area contributed by atoms with Crippen LogP contribution in [0.15, 0.2) is 91.1 Å². The highest BCUT2D eigenvalue weighted by Gasteiger charge is 2.17. The number of hydrogen-bond donors (Lipinski definition) is 1. The first kappa shape index (κ1) is 20.6. The van der Waals surface area contributed by atoms with Gasteiger partial charge in [-0.1, -0.05) is 60.7 Å². The van der Waals surface area contributed by atoms with E-state index in [0.29, 0.717) is 5.56 Å². The number of aryl methyl sites for hydroxylation is 1. The molecule has 2 aromatic heterocycles. The standard InChI is InChI=1S/C28H24N4O/c1-3-32-19(2)25(18-29-32)27-17-24(23-11-7-8-12-26(23)31-27)28(33)30-22-15-13-21(14-16-22)20-9-5-4-6-10-20/h4-18H,3H2,1-2H3,(H,30,33). The molecule has 0 spiro atoms. The average molecular weight is 433 g/mol. The molecule has 5 nitrogen and oxygen atoms in total. The summed E-state index contributed by atoms with van der Waals surface area (Å²) in [4.78, 5) is 18.2. The first-order valence-electron chi connectivity index (χ1n) is 11.0. The monoisotopic (exact) mass is 432 g/mol. The maximum atomic E-state index is 13.4. The Balaban J connectivity index is 1.49. The predicted octanol–water partition coefficient (Wildman–Crippen LogP) is 6.35. The van der Waals surface area contributed by atoms with Gasteiger partial charge in [0.25, 0.3) is 5.91 Å². The Kier molecular flexibility index (Phi) is 5.45. The lowest BCUT2D eigenvalue weighted by Gasteiger charge is -2.11. The fourth-order valence-corrected chi connectivity index (χ4v) is 4.09. The molecule has 1 N–H and O–H groups in total. The van der Waals surface area contributed by atoms with E-state index in [9.17, 15) is 4.79 Å². The zero-order chi connectivity index (χ0) is 22.8. The van der Waals surface area contributed by atoms with Gasteiger partial charge in [0.15, 0.2) is 0 Å². The van der Waals surface area contributed by atoms with Gasteiger partial charge in [-0.3, -0.25) is 9.48 Å². The summed E-state index contributed by atoms with van der Waals surface area (Å²) >= 11 is 0. The number of nitrogens with one attached hydrogen (secondary N) is 1. The molecule has 0 fully saturated rings. The predicted molar refractivity (Wildman–Crippen MR) is 133 cm³/mol. The van der Waals surface area contributed by atoms with Gasteiger partial charge in [-0.15, -0.1) is 0 Å². The number of carbonyl (C=O) groups is 1. The molecule has 5 rings (SSSR count). The van der Waals surface area contributed by atoms with Crippen molar-refractivity contribution in [2.24, 2.45) is 0 Å². The van der Waals surface area contributed by atoms with Crippen molar-refractivity contribution in [3.63, 3.8) is 0 Å². The Hall–Kier alpha value is -4.25. The van der Waals surface area contributed by atoms with Crippen LogP contribution < -0.4 is 5.32 Å². The van der Waals surface area contributed by atoms with Gasteiger partial charge < -0.3 is 5.32 Å². The van der Waals surface area contributed by atoms with Crippen LogP contribution in [0.1, 0.15) is 23.0 Å². The van der Waals surface area contributed by atoms with Crippen LogP contribution in [0, 0.1) is 6.92 Å². The van der Waals surface area contributed by atoms with Crippen molar-refractivity contribution in [2.45, 2.75) is 20.4 Å². The summed E-state index contributed by atoms with van der Waals surface area (Å²) in [7, 11) is 0. The van der Waals surface area contributed by atoms with E-state index in [1.54, 1.807) is 0 Å². The number of anilines is 1. The van der Waals surface area contributed by atoms with Crippen LogP contribution in [-0.2, 0) is 6.54 Å². The molecular weight excluding hydrogens is 408 g/mol. The Labute approximate surface area is 192 Å². The average Bonchev–Trinajstić information content (AvgIpc) is 3.24. The fraction of sp³-hybridized carbons (Fsp3) is 0.107. The van der Waals surface area contributed by atoms with Gasteiger partial charge in [0.05, 0.1) is 23.0 Å². The summed E-state index contributed by atoms with van der Waals surface area (Å²) < 4.78 is 1.93. The topological polar surface area (TPSA) is 59.8 Å². The van der Waals surface area contributed by atoms with Gasteiger partial charge >= 0.3 is 0 Å². The van der Waals surface area contributed by atoms with Crippen molar-refractivity contribution < 1.29 is 4.79 Å². The molecule has 162 valence electrons. The summed E-state index contributed by atoms with van der Waals surface area (Å²) in [5.41, 5.74) is 7.07. The summed E-state index contributed by atoms with van der Waals surface area (Å²) in [5.74, 6) is -0.164. The van der Waals surface area contributed by atoms with Gasteiger partial charge in [-0.2, -0.15) is 5.10 Å². The number of amides is 1. The summed E-state index contributed by atoms with van der Waals surface area (Å²) in [5, 5.41) is 8.31. The van der Waals surface area contributed by atoms with E-state index in [-0.39, 0.29) is 5.91 Å². The van der Waals surface area contributed by atoms with Crippen LogP contribution in [0.2, 0.25) is 0 Å². The van der Waals surface area contributed by atoms with Gasteiger partial charge in [-0.25, -0.2) is 4.98 Å². The molecule has 33 heavy (non-hydrogen) atoms. The minimum Gasteiger partial charge on any atom is -0.322 e. The van der Waals surface area contributed by atoms with Gasteiger partial charge in [0.2, 0.25) is 0 Å². The Morgan fingerprint density at radius 3 is 2.33 bits per heavy atom. The van der Waals surface area contributed by atoms with Crippen LogP contribution in [-0.4, -0.2) is 20.7 Å². The van der Waals surface area contributed by atoms with Gasteiger partial charge in [0, 0.05) is 28.9 Å². The molecule has 0 aliphatic carbocycles. The van der Waals surface area contributed by atoms with Crippen LogP contribution in [0.4, 0.5) is 5.69 Å². The number of para-hydroxylation sites is 1. The normalized spacial score (nSPS) is 11.0. The molecule has 0 aliphatic heterocycles. The van der Waals surface area contributed by atoms with Crippen LogP contribution >= 0.6 is 0 Å². The minimum atomic E-state index is -0.164. The summed E-state index contributed by atoms with van der Waals surface area (Å²) in [6.45, 7) is 4.86. The molecule has 0 saturated carbocycles. The molecule has 0 aliphatic rings. The Morgan fingerprint density at radius 2 is 1.61 bits per heavy atom. The number of fused-ring (bicyclic) bond motifs is 1. The van der Waals surface area contributed by atoms with Crippen LogP contribution in [0.5, 0.6) is 0 Å². The molecule has 0 atom stereocenters. The second kappa shape index (κ2) is 8.71. The third-order valence-corrected chi connectivity index (χ3v) is 5.89. The molecule has 0 unspecified atom stereocenters. The lowest BCUT2D eigenvalue weighted by atomic mass is 10.0. The lowest BCUT2D eigenvalue weighted by Crippen LogP contribution is -2.13. The van der Waals surface area contributed by atoms with E-state index in [1.807, 2.05) is 90.6 Å². The highest BCUT2D eigenvalue weighted by Crippen LogP contribution is 2.28. The molecule has 3 aromatic carbocycles. The molecule has 2 heterocycles. The van der Waals surface area contributed by atoms with Crippen molar-refractivity contribution in [1.29, 1.82) is 0 Å². The Morgan fingerprint density at radius 1 is 0.909 bits per heavy atom. The second-order valence-corrected chi connectivity index (χ2v) is 7.93. The largest absolute Gasteiger partial charge is 0.322 e. The number of aromatic nitrogens is 3. The third-order valence-electron chi connectivity index (χ3n) is 5.89. The maximum Gasteiger partial charge on any atom is 0.256 e. The van der Waals surface area contributed by atoms with E-state index in [4.69, 9.17) is 4.98 Å². The first-order chi connectivity index (χ1) is 16.1.